The van der Waals surface area contributed by atoms with E-state index in [2.05, 4.69) is 5.32 Å². The van der Waals surface area contributed by atoms with Crippen molar-refractivity contribution in [3.8, 4) is 0 Å². The minimum atomic E-state index is -3.22. The third kappa shape index (κ3) is 5.67. The van der Waals surface area contributed by atoms with Gasteiger partial charge in [-0.3, -0.25) is 9.59 Å². The molecule has 7 nitrogen and oxygen atoms in total. The minimum absolute atomic E-state index is 0.102. The molecule has 0 spiro atoms. The molecule has 1 aromatic rings. The summed E-state index contributed by atoms with van der Waals surface area (Å²) in [5.41, 5.74) is 3.26. The monoisotopic (exact) mass is 379 g/mol. The second kappa shape index (κ2) is 8.46. The first kappa shape index (κ1) is 20.1. The van der Waals surface area contributed by atoms with E-state index in [1.807, 2.05) is 32.0 Å². The van der Waals surface area contributed by atoms with Gasteiger partial charge >= 0.3 is 0 Å². The highest BCUT2D eigenvalue weighted by atomic mass is 32.2. The van der Waals surface area contributed by atoms with Crippen LogP contribution < -0.4 is 5.32 Å². The molecule has 0 aliphatic carbocycles. The van der Waals surface area contributed by atoms with Crippen LogP contribution in [0.5, 0.6) is 0 Å². The number of aryl methyl sites for hydroxylation is 2. The predicted octanol–water partition coefficient (Wildman–Crippen LogP) is 0.537. The van der Waals surface area contributed by atoms with Gasteiger partial charge in [0.15, 0.2) is 0 Å². The van der Waals surface area contributed by atoms with Crippen LogP contribution in [0.2, 0.25) is 0 Å². The van der Waals surface area contributed by atoms with Crippen LogP contribution in [-0.2, 0) is 19.6 Å². The maximum atomic E-state index is 12.1. The fourth-order valence-corrected chi connectivity index (χ4v) is 3.47. The van der Waals surface area contributed by atoms with Crippen LogP contribution in [0.25, 0.3) is 6.08 Å². The molecule has 1 aromatic carbocycles. The first-order chi connectivity index (χ1) is 12.2. The van der Waals surface area contributed by atoms with Crippen LogP contribution in [0.4, 0.5) is 0 Å². The lowest BCUT2D eigenvalue weighted by molar-refractivity contribution is -0.133. The molecule has 2 amide bonds. The van der Waals surface area contributed by atoms with Crippen molar-refractivity contribution in [1.82, 2.24) is 14.5 Å². The summed E-state index contributed by atoms with van der Waals surface area (Å²) in [5.74, 6) is -0.558. The molecule has 2 rings (SSSR count). The van der Waals surface area contributed by atoms with Gasteiger partial charge in [0.1, 0.15) is 0 Å². The molecule has 0 atom stereocenters. The van der Waals surface area contributed by atoms with Crippen LogP contribution in [-0.4, -0.2) is 68.4 Å². The van der Waals surface area contributed by atoms with Gasteiger partial charge in [-0.25, -0.2) is 8.42 Å². The van der Waals surface area contributed by atoms with E-state index in [1.165, 1.54) is 15.9 Å². The van der Waals surface area contributed by atoms with Crippen LogP contribution in [0, 0.1) is 13.8 Å². The second-order valence-electron chi connectivity index (χ2n) is 6.44. The molecule has 142 valence electrons. The summed E-state index contributed by atoms with van der Waals surface area (Å²) in [6.45, 7) is 5.16. The number of carbonyl (C=O) groups excluding carboxylic acids is 2. The van der Waals surface area contributed by atoms with Crippen molar-refractivity contribution < 1.29 is 18.0 Å². The lowest BCUT2D eigenvalue weighted by Gasteiger charge is -2.33. The highest BCUT2D eigenvalue weighted by Crippen LogP contribution is 2.11. The van der Waals surface area contributed by atoms with Gasteiger partial charge in [0, 0.05) is 32.3 Å². The van der Waals surface area contributed by atoms with E-state index in [9.17, 15) is 18.0 Å². The fraction of sp³-hybridized carbons (Fsp3) is 0.444. The SMILES string of the molecule is Cc1ccc(/C=C/C(=O)NCC(=O)N2CCN(S(C)(=O)=O)CC2)cc1C. The summed E-state index contributed by atoms with van der Waals surface area (Å²) in [4.78, 5) is 25.6. The molecule has 8 heteroatoms. The molecule has 0 radical (unpaired) electrons. The Labute approximate surface area is 154 Å². The molecule has 0 unspecified atom stereocenters. The van der Waals surface area contributed by atoms with Crippen molar-refractivity contribution in [2.75, 3.05) is 39.0 Å². The van der Waals surface area contributed by atoms with E-state index >= 15 is 0 Å². The van der Waals surface area contributed by atoms with Crippen molar-refractivity contribution in [3.63, 3.8) is 0 Å². The first-order valence-electron chi connectivity index (χ1n) is 8.43. The number of hydrogen-bond donors (Lipinski definition) is 1. The van der Waals surface area contributed by atoms with Gasteiger partial charge < -0.3 is 10.2 Å². The Kier molecular flexibility index (Phi) is 6.55. The Morgan fingerprint density at radius 1 is 1.12 bits per heavy atom. The van der Waals surface area contributed by atoms with E-state index in [4.69, 9.17) is 0 Å². The second-order valence-corrected chi connectivity index (χ2v) is 8.42. The average Bonchev–Trinajstić information content (AvgIpc) is 2.60. The van der Waals surface area contributed by atoms with E-state index in [1.54, 1.807) is 11.0 Å². The predicted molar refractivity (Wildman–Crippen MR) is 101 cm³/mol. The maximum Gasteiger partial charge on any atom is 0.244 e. The molecule has 1 saturated heterocycles. The number of nitrogens with one attached hydrogen (secondary N) is 1. The standard InChI is InChI=1S/C18H25N3O4S/c1-14-4-5-16(12-15(14)2)6-7-17(22)19-13-18(23)20-8-10-21(11-9-20)26(3,24)25/h4-7,12H,8-11,13H2,1-3H3,(H,19,22)/b7-6+. The Hall–Kier alpha value is -2.19. The summed E-state index contributed by atoms with van der Waals surface area (Å²) >= 11 is 0. The van der Waals surface area contributed by atoms with Crippen LogP contribution in [0.15, 0.2) is 24.3 Å². The topological polar surface area (TPSA) is 86.8 Å². The van der Waals surface area contributed by atoms with E-state index in [0.29, 0.717) is 13.1 Å². The Balaban J connectivity index is 1.79. The van der Waals surface area contributed by atoms with Crippen LogP contribution >= 0.6 is 0 Å². The van der Waals surface area contributed by atoms with Gasteiger partial charge in [-0.05, 0) is 36.6 Å². The van der Waals surface area contributed by atoms with Crippen molar-refractivity contribution in [2.24, 2.45) is 0 Å². The number of hydrogen-bond acceptors (Lipinski definition) is 4. The van der Waals surface area contributed by atoms with Gasteiger partial charge in [-0.15, -0.1) is 0 Å². The fourth-order valence-electron chi connectivity index (χ4n) is 2.64. The molecule has 0 saturated carbocycles. The number of nitrogens with zero attached hydrogens (tertiary/aromatic N) is 2. The average molecular weight is 379 g/mol. The third-order valence-electron chi connectivity index (χ3n) is 4.43. The summed E-state index contributed by atoms with van der Waals surface area (Å²) in [5, 5.41) is 2.57. The molecule has 1 fully saturated rings. The Morgan fingerprint density at radius 3 is 2.35 bits per heavy atom. The number of carbonyl (C=O) groups is 2. The van der Waals surface area contributed by atoms with E-state index in [-0.39, 0.29) is 31.4 Å². The maximum absolute atomic E-state index is 12.1. The third-order valence-corrected chi connectivity index (χ3v) is 5.74. The lowest BCUT2D eigenvalue weighted by atomic mass is 10.1. The number of amides is 2. The Bertz CT molecular complexity index is 810. The Morgan fingerprint density at radius 2 is 1.77 bits per heavy atom. The molecule has 26 heavy (non-hydrogen) atoms. The molecular weight excluding hydrogens is 354 g/mol. The molecule has 1 N–H and O–H groups in total. The lowest BCUT2D eigenvalue weighted by Crippen LogP contribution is -2.52. The zero-order valence-corrected chi connectivity index (χ0v) is 16.2. The quantitative estimate of drug-likeness (QED) is 0.757. The molecule has 1 heterocycles. The van der Waals surface area contributed by atoms with Gasteiger partial charge in [-0.2, -0.15) is 4.31 Å². The molecular formula is C18H25N3O4S. The minimum Gasteiger partial charge on any atom is -0.343 e. The highest BCUT2D eigenvalue weighted by molar-refractivity contribution is 7.88. The number of rotatable bonds is 5. The summed E-state index contributed by atoms with van der Waals surface area (Å²) < 4.78 is 24.3. The number of sulfonamides is 1. The van der Waals surface area contributed by atoms with Crippen molar-refractivity contribution in [2.45, 2.75) is 13.8 Å². The summed E-state index contributed by atoms with van der Waals surface area (Å²) in [7, 11) is -3.22. The number of benzene rings is 1. The van der Waals surface area contributed by atoms with Crippen LogP contribution in [0.3, 0.4) is 0 Å². The van der Waals surface area contributed by atoms with Gasteiger partial charge in [-0.1, -0.05) is 18.2 Å². The summed E-state index contributed by atoms with van der Waals surface area (Å²) in [6, 6.07) is 5.91. The molecule has 0 aromatic heterocycles. The first-order valence-corrected chi connectivity index (χ1v) is 10.3. The van der Waals surface area contributed by atoms with E-state index in [0.717, 1.165) is 17.4 Å². The number of piperazine rings is 1. The van der Waals surface area contributed by atoms with Crippen molar-refractivity contribution >= 4 is 27.9 Å². The van der Waals surface area contributed by atoms with Gasteiger partial charge in [0.2, 0.25) is 21.8 Å². The van der Waals surface area contributed by atoms with Crippen LogP contribution in [0.1, 0.15) is 16.7 Å². The summed E-state index contributed by atoms with van der Waals surface area (Å²) in [6.07, 6.45) is 4.27. The normalized spacial score (nSPS) is 16.0. The van der Waals surface area contributed by atoms with Gasteiger partial charge in [0.05, 0.1) is 12.8 Å². The van der Waals surface area contributed by atoms with Crippen molar-refractivity contribution in [1.29, 1.82) is 0 Å². The zero-order valence-electron chi connectivity index (χ0n) is 15.4. The van der Waals surface area contributed by atoms with E-state index < -0.39 is 10.0 Å². The van der Waals surface area contributed by atoms with Gasteiger partial charge in [0.25, 0.3) is 0 Å². The largest absolute Gasteiger partial charge is 0.343 e. The molecule has 1 aliphatic heterocycles. The molecule has 1 aliphatic rings. The smallest absolute Gasteiger partial charge is 0.244 e. The highest BCUT2D eigenvalue weighted by Gasteiger charge is 2.25. The van der Waals surface area contributed by atoms with Crippen molar-refractivity contribution in [3.05, 3.63) is 41.0 Å². The molecule has 0 bridgehead atoms. The zero-order chi connectivity index (χ0) is 19.3.